The van der Waals surface area contributed by atoms with E-state index in [1.807, 2.05) is 26.0 Å². The van der Waals surface area contributed by atoms with Crippen molar-refractivity contribution < 1.29 is 22.3 Å². The number of alkyl halides is 3. The van der Waals surface area contributed by atoms with Crippen LogP contribution in [0.3, 0.4) is 0 Å². The van der Waals surface area contributed by atoms with E-state index in [-0.39, 0.29) is 16.8 Å². The average molecular weight is 422 g/mol. The third-order valence-electron chi connectivity index (χ3n) is 4.00. The maximum atomic E-state index is 13.3. The fourth-order valence-corrected chi connectivity index (χ4v) is 3.27. The van der Waals surface area contributed by atoms with Crippen molar-refractivity contribution in [1.29, 1.82) is 0 Å². The lowest BCUT2D eigenvalue weighted by atomic mass is 10.0. The highest BCUT2D eigenvalue weighted by atomic mass is 32.2. The van der Waals surface area contributed by atoms with Crippen LogP contribution in [0.1, 0.15) is 36.6 Å². The molecule has 0 radical (unpaired) electrons. The normalized spacial score (nSPS) is 11.7. The molecule has 8 heteroatoms. The first-order valence-corrected chi connectivity index (χ1v) is 9.80. The minimum Gasteiger partial charge on any atom is -0.439 e. The van der Waals surface area contributed by atoms with E-state index in [2.05, 4.69) is 9.97 Å². The first-order valence-electron chi connectivity index (χ1n) is 8.82. The van der Waals surface area contributed by atoms with E-state index >= 15 is 0 Å². The smallest absolute Gasteiger partial charge is 0.433 e. The summed E-state index contributed by atoms with van der Waals surface area (Å²) in [5.74, 6) is 0.308. The molecule has 1 aromatic heterocycles. The van der Waals surface area contributed by atoms with Crippen LogP contribution in [0.25, 0.3) is 0 Å². The Morgan fingerprint density at radius 3 is 2.34 bits per heavy atom. The highest BCUT2D eigenvalue weighted by Crippen LogP contribution is 2.33. The summed E-state index contributed by atoms with van der Waals surface area (Å²) >= 11 is 0.975. The zero-order valence-corrected chi connectivity index (χ0v) is 16.5. The molecular weight excluding hydrogens is 404 g/mol. The van der Waals surface area contributed by atoms with Gasteiger partial charge >= 0.3 is 6.18 Å². The molecule has 0 saturated heterocycles. The highest BCUT2D eigenvalue weighted by Gasteiger charge is 2.34. The van der Waals surface area contributed by atoms with Crippen molar-refractivity contribution in [3.63, 3.8) is 0 Å². The van der Waals surface area contributed by atoms with Crippen LogP contribution in [-0.4, -0.2) is 9.97 Å². The number of nitrogens with zero attached hydrogens (tertiary/aromatic N) is 2. The van der Waals surface area contributed by atoms with Crippen LogP contribution in [0.15, 0.2) is 59.8 Å². The number of benzene rings is 2. The second kappa shape index (κ2) is 8.82. The van der Waals surface area contributed by atoms with Crippen molar-refractivity contribution in [2.75, 3.05) is 0 Å². The number of aromatic nitrogens is 2. The molecule has 0 bridgehead atoms. The number of hydrogen-bond donors (Lipinski definition) is 0. The van der Waals surface area contributed by atoms with Gasteiger partial charge in [0.15, 0.2) is 10.9 Å². The molecule has 3 rings (SSSR count). The summed E-state index contributed by atoms with van der Waals surface area (Å²) in [6, 6.07) is 13.7. The van der Waals surface area contributed by atoms with Gasteiger partial charge in [-0.1, -0.05) is 49.9 Å². The largest absolute Gasteiger partial charge is 0.439 e. The molecule has 0 atom stereocenters. The third-order valence-corrected chi connectivity index (χ3v) is 4.92. The Morgan fingerprint density at radius 2 is 1.72 bits per heavy atom. The van der Waals surface area contributed by atoms with Crippen molar-refractivity contribution in [3.05, 3.63) is 77.2 Å². The molecule has 0 fully saturated rings. The molecule has 0 aliphatic carbocycles. The zero-order chi connectivity index (χ0) is 21.0. The Bertz CT molecular complexity index is 975. The Balaban J connectivity index is 1.83. The Hall–Kier alpha value is -2.61. The highest BCUT2D eigenvalue weighted by molar-refractivity contribution is 7.98. The summed E-state index contributed by atoms with van der Waals surface area (Å²) in [5, 5.41) is -0.0992. The summed E-state index contributed by atoms with van der Waals surface area (Å²) in [6.07, 6.45) is -4.64. The molecule has 2 aromatic carbocycles. The van der Waals surface area contributed by atoms with E-state index in [0.29, 0.717) is 17.2 Å². The lowest BCUT2D eigenvalue weighted by Gasteiger charge is -2.12. The zero-order valence-electron chi connectivity index (χ0n) is 15.7. The fourth-order valence-electron chi connectivity index (χ4n) is 2.48. The van der Waals surface area contributed by atoms with E-state index in [1.54, 1.807) is 18.2 Å². The minimum absolute atomic E-state index is 0.0992. The molecule has 29 heavy (non-hydrogen) atoms. The van der Waals surface area contributed by atoms with Crippen molar-refractivity contribution in [2.45, 2.75) is 36.9 Å². The summed E-state index contributed by atoms with van der Waals surface area (Å²) < 4.78 is 58.5. The van der Waals surface area contributed by atoms with Crippen molar-refractivity contribution in [2.24, 2.45) is 0 Å². The Labute approximate surface area is 170 Å². The van der Waals surface area contributed by atoms with Gasteiger partial charge in [0, 0.05) is 11.8 Å². The van der Waals surface area contributed by atoms with Gasteiger partial charge in [-0.25, -0.2) is 9.37 Å². The molecule has 0 N–H and O–H groups in total. The van der Waals surface area contributed by atoms with Gasteiger partial charge in [-0.15, -0.1) is 0 Å². The summed E-state index contributed by atoms with van der Waals surface area (Å²) in [6.45, 7) is 4.08. The monoisotopic (exact) mass is 422 g/mol. The molecule has 0 aliphatic heterocycles. The van der Waals surface area contributed by atoms with Gasteiger partial charge in [-0.3, -0.25) is 0 Å². The van der Waals surface area contributed by atoms with Crippen LogP contribution in [-0.2, 0) is 11.9 Å². The third kappa shape index (κ3) is 5.93. The quantitative estimate of drug-likeness (QED) is 0.247. The van der Waals surface area contributed by atoms with Gasteiger partial charge in [0.2, 0.25) is 5.88 Å². The van der Waals surface area contributed by atoms with Crippen LogP contribution < -0.4 is 4.74 Å². The van der Waals surface area contributed by atoms with Crippen molar-refractivity contribution >= 4 is 11.8 Å². The SMILES string of the molecule is CC(C)c1ccc(Oc2cc(C(F)(F)F)nc(SCc3cccc(F)c3)n2)cc1. The molecular formula is C21H18F4N2OS. The lowest BCUT2D eigenvalue weighted by molar-refractivity contribution is -0.141. The molecule has 0 saturated carbocycles. The molecule has 1 heterocycles. The minimum atomic E-state index is -4.64. The summed E-state index contributed by atoms with van der Waals surface area (Å²) in [5.41, 5.74) is 0.605. The van der Waals surface area contributed by atoms with E-state index in [4.69, 9.17) is 4.74 Å². The van der Waals surface area contributed by atoms with E-state index in [9.17, 15) is 17.6 Å². The van der Waals surface area contributed by atoms with E-state index in [1.165, 1.54) is 18.2 Å². The average Bonchev–Trinajstić information content (AvgIpc) is 2.66. The number of hydrogen-bond acceptors (Lipinski definition) is 4. The van der Waals surface area contributed by atoms with Gasteiger partial charge in [0.05, 0.1) is 0 Å². The number of ether oxygens (including phenoxy) is 1. The Kier molecular flexibility index (Phi) is 6.42. The van der Waals surface area contributed by atoms with Crippen LogP contribution in [0.2, 0.25) is 0 Å². The van der Waals surface area contributed by atoms with E-state index < -0.39 is 17.7 Å². The number of halogens is 4. The Morgan fingerprint density at radius 1 is 1.00 bits per heavy atom. The summed E-state index contributed by atoms with van der Waals surface area (Å²) in [4.78, 5) is 7.65. The predicted molar refractivity (Wildman–Crippen MR) is 104 cm³/mol. The maximum absolute atomic E-state index is 13.3. The van der Waals surface area contributed by atoms with Crippen LogP contribution >= 0.6 is 11.8 Å². The van der Waals surface area contributed by atoms with Crippen molar-refractivity contribution in [1.82, 2.24) is 9.97 Å². The summed E-state index contributed by atoms with van der Waals surface area (Å²) in [7, 11) is 0. The first kappa shape index (κ1) is 21.1. The van der Waals surface area contributed by atoms with Gasteiger partial charge in [-0.05, 0) is 41.3 Å². The van der Waals surface area contributed by atoms with E-state index in [0.717, 1.165) is 23.4 Å². The van der Waals surface area contributed by atoms with Crippen molar-refractivity contribution in [3.8, 4) is 11.6 Å². The van der Waals surface area contributed by atoms with Crippen LogP contribution in [0, 0.1) is 5.82 Å². The van der Waals surface area contributed by atoms with Gasteiger partial charge in [0.25, 0.3) is 0 Å². The second-order valence-electron chi connectivity index (χ2n) is 6.62. The molecule has 3 aromatic rings. The molecule has 0 spiro atoms. The maximum Gasteiger partial charge on any atom is 0.433 e. The fraction of sp³-hybridized carbons (Fsp3) is 0.238. The van der Waals surface area contributed by atoms with Gasteiger partial charge < -0.3 is 4.74 Å². The molecule has 0 aliphatic rings. The van der Waals surface area contributed by atoms with Crippen LogP contribution in [0.4, 0.5) is 17.6 Å². The standard InChI is InChI=1S/C21H18F4N2OS/c1-13(2)15-6-8-17(9-7-15)28-19-11-18(21(23,24)25)26-20(27-19)29-12-14-4-3-5-16(22)10-14/h3-11,13H,12H2,1-2H3. The first-order chi connectivity index (χ1) is 13.7. The molecule has 0 amide bonds. The number of rotatable bonds is 6. The topological polar surface area (TPSA) is 35.0 Å². The second-order valence-corrected chi connectivity index (χ2v) is 7.56. The number of thioether (sulfide) groups is 1. The van der Waals surface area contributed by atoms with Gasteiger partial charge in [0.1, 0.15) is 11.6 Å². The van der Waals surface area contributed by atoms with Gasteiger partial charge in [-0.2, -0.15) is 18.2 Å². The van der Waals surface area contributed by atoms with Crippen LogP contribution in [0.5, 0.6) is 11.6 Å². The predicted octanol–water partition coefficient (Wildman–Crippen LogP) is 6.84. The lowest BCUT2D eigenvalue weighted by Crippen LogP contribution is -2.10. The molecule has 0 unspecified atom stereocenters. The molecule has 3 nitrogen and oxygen atoms in total. The molecule has 152 valence electrons.